The van der Waals surface area contributed by atoms with E-state index in [2.05, 4.69) is 5.32 Å². The molecule has 2 rings (SSSR count). The summed E-state index contributed by atoms with van der Waals surface area (Å²) in [5.74, 6) is 0.355. The molecule has 1 N–H and O–H groups in total. The van der Waals surface area contributed by atoms with Gasteiger partial charge in [-0.25, -0.2) is 4.79 Å². The first kappa shape index (κ1) is 19.5. The van der Waals surface area contributed by atoms with Crippen LogP contribution < -0.4 is 10.1 Å². The zero-order chi connectivity index (χ0) is 19.1. The molecule has 5 heteroatoms. The third-order valence-corrected chi connectivity index (χ3v) is 3.65. The van der Waals surface area contributed by atoms with Crippen molar-refractivity contribution in [1.29, 1.82) is 0 Å². The maximum atomic E-state index is 12.1. The summed E-state index contributed by atoms with van der Waals surface area (Å²) in [6.07, 6.45) is 0. The fourth-order valence-electron chi connectivity index (χ4n) is 2.22. The molecule has 0 spiro atoms. The summed E-state index contributed by atoms with van der Waals surface area (Å²) in [6, 6.07) is 12.5. The van der Waals surface area contributed by atoms with Gasteiger partial charge in [-0.3, -0.25) is 4.79 Å². The standard InChI is InChI=1S/C21H25NO4/c1-14(2)12-26-21(24)17-7-9-18(10-8-17)22-20(23)13-25-19-11-15(3)5-6-16(19)4/h5-11,14H,12-13H2,1-4H3,(H,22,23). The zero-order valence-electron chi connectivity index (χ0n) is 15.7. The second-order valence-corrected chi connectivity index (χ2v) is 6.68. The molecule has 0 atom stereocenters. The third-order valence-electron chi connectivity index (χ3n) is 3.65. The monoisotopic (exact) mass is 355 g/mol. The highest BCUT2D eigenvalue weighted by molar-refractivity contribution is 5.93. The molecular weight excluding hydrogens is 330 g/mol. The molecule has 5 nitrogen and oxygen atoms in total. The first-order valence-electron chi connectivity index (χ1n) is 8.62. The summed E-state index contributed by atoms with van der Waals surface area (Å²) >= 11 is 0. The van der Waals surface area contributed by atoms with Crippen molar-refractivity contribution in [2.45, 2.75) is 27.7 Å². The van der Waals surface area contributed by atoms with Crippen molar-refractivity contribution in [3.05, 3.63) is 59.2 Å². The number of rotatable bonds is 7. The number of carbonyl (C=O) groups is 2. The summed E-state index contributed by atoms with van der Waals surface area (Å²) < 4.78 is 10.8. The van der Waals surface area contributed by atoms with Gasteiger partial charge in [0.15, 0.2) is 6.61 Å². The van der Waals surface area contributed by atoms with Gasteiger partial charge in [-0.1, -0.05) is 26.0 Å². The highest BCUT2D eigenvalue weighted by Crippen LogP contribution is 2.19. The summed E-state index contributed by atoms with van der Waals surface area (Å²) in [6.45, 7) is 8.16. The third kappa shape index (κ3) is 5.92. The molecule has 2 aromatic rings. The number of amides is 1. The maximum Gasteiger partial charge on any atom is 0.338 e. The first-order valence-corrected chi connectivity index (χ1v) is 8.62. The van der Waals surface area contributed by atoms with Gasteiger partial charge in [0.2, 0.25) is 0 Å². The van der Waals surface area contributed by atoms with E-state index in [1.807, 2.05) is 45.9 Å². The second kappa shape index (κ2) is 9.04. The van der Waals surface area contributed by atoms with Crippen molar-refractivity contribution in [2.75, 3.05) is 18.5 Å². The van der Waals surface area contributed by atoms with Crippen LogP contribution in [0.3, 0.4) is 0 Å². The van der Waals surface area contributed by atoms with Gasteiger partial charge in [0.1, 0.15) is 5.75 Å². The Morgan fingerprint density at radius 2 is 1.73 bits per heavy atom. The molecule has 0 bridgehead atoms. The fraction of sp³-hybridized carbons (Fsp3) is 0.333. The predicted molar refractivity (Wildman–Crippen MR) is 102 cm³/mol. The van der Waals surface area contributed by atoms with Crippen molar-refractivity contribution in [2.24, 2.45) is 5.92 Å². The van der Waals surface area contributed by atoms with E-state index in [-0.39, 0.29) is 24.4 Å². The van der Waals surface area contributed by atoms with Crippen LogP contribution in [0, 0.1) is 19.8 Å². The van der Waals surface area contributed by atoms with Crippen LogP contribution in [-0.4, -0.2) is 25.1 Å². The lowest BCUT2D eigenvalue weighted by Gasteiger charge is -2.11. The largest absolute Gasteiger partial charge is 0.483 e. The molecule has 0 saturated heterocycles. The van der Waals surface area contributed by atoms with Crippen LogP contribution in [0.5, 0.6) is 5.75 Å². The van der Waals surface area contributed by atoms with Crippen LogP contribution in [0.2, 0.25) is 0 Å². The van der Waals surface area contributed by atoms with Crippen molar-refractivity contribution in [3.8, 4) is 5.75 Å². The molecule has 0 saturated carbocycles. The second-order valence-electron chi connectivity index (χ2n) is 6.68. The molecule has 0 aromatic heterocycles. The lowest BCUT2D eigenvalue weighted by Crippen LogP contribution is -2.20. The molecule has 0 aliphatic carbocycles. The van der Waals surface area contributed by atoms with Gasteiger partial charge < -0.3 is 14.8 Å². The molecule has 0 radical (unpaired) electrons. The van der Waals surface area contributed by atoms with E-state index in [0.29, 0.717) is 23.6 Å². The lowest BCUT2D eigenvalue weighted by molar-refractivity contribution is -0.118. The maximum absolute atomic E-state index is 12.1. The molecule has 0 heterocycles. The number of hydrogen-bond donors (Lipinski definition) is 1. The zero-order valence-corrected chi connectivity index (χ0v) is 15.7. The number of hydrogen-bond acceptors (Lipinski definition) is 4. The minimum absolute atomic E-state index is 0.0809. The SMILES string of the molecule is Cc1ccc(C)c(OCC(=O)Nc2ccc(C(=O)OCC(C)C)cc2)c1. The van der Waals surface area contributed by atoms with E-state index in [0.717, 1.165) is 11.1 Å². The van der Waals surface area contributed by atoms with E-state index in [9.17, 15) is 9.59 Å². The van der Waals surface area contributed by atoms with Gasteiger partial charge in [-0.2, -0.15) is 0 Å². The molecule has 0 unspecified atom stereocenters. The average Bonchev–Trinajstić information content (AvgIpc) is 2.61. The summed E-state index contributed by atoms with van der Waals surface area (Å²) in [5.41, 5.74) is 3.11. The molecule has 0 aliphatic heterocycles. The van der Waals surface area contributed by atoms with E-state index in [1.54, 1.807) is 24.3 Å². The van der Waals surface area contributed by atoms with Crippen molar-refractivity contribution >= 4 is 17.6 Å². The first-order chi connectivity index (χ1) is 12.3. The van der Waals surface area contributed by atoms with Crippen LogP contribution in [-0.2, 0) is 9.53 Å². The van der Waals surface area contributed by atoms with Gasteiger partial charge in [-0.15, -0.1) is 0 Å². The average molecular weight is 355 g/mol. The normalized spacial score (nSPS) is 10.5. The number of esters is 1. The van der Waals surface area contributed by atoms with E-state index >= 15 is 0 Å². The van der Waals surface area contributed by atoms with Crippen LogP contribution in [0.4, 0.5) is 5.69 Å². The predicted octanol–water partition coefficient (Wildman–Crippen LogP) is 4.13. The summed E-state index contributed by atoms with van der Waals surface area (Å²) in [4.78, 5) is 23.9. The molecule has 0 fully saturated rings. The number of aryl methyl sites for hydroxylation is 2. The Labute approximate surface area is 154 Å². The van der Waals surface area contributed by atoms with Crippen molar-refractivity contribution in [3.63, 3.8) is 0 Å². The Kier molecular flexibility index (Phi) is 6.78. The Morgan fingerprint density at radius 3 is 2.38 bits per heavy atom. The molecule has 138 valence electrons. The highest BCUT2D eigenvalue weighted by Gasteiger charge is 2.10. The van der Waals surface area contributed by atoms with Crippen LogP contribution in [0.15, 0.2) is 42.5 Å². The minimum atomic E-state index is -0.366. The lowest BCUT2D eigenvalue weighted by atomic mass is 10.1. The quantitative estimate of drug-likeness (QED) is 0.758. The van der Waals surface area contributed by atoms with Gasteiger partial charge in [0.05, 0.1) is 12.2 Å². The smallest absolute Gasteiger partial charge is 0.338 e. The number of nitrogens with one attached hydrogen (secondary N) is 1. The number of carbonyl (C=O) groups excluding carboxylic acids is 2. The highest BCUT2D eigenvalue weighted by atomic mass is 16.5. The summed E-state index contributed by atoms with van der Waals surface area (Å²) in [5, 5.41) is 2.75. The molecule has 2 aromatic carbocycles. The molecule has 1 amide bonds. The number of ether oxygens (including phenoxy) is 2. The van der Waals surface area contributed by atoms with Crippen LogP contribution in [0.1, 0.15) is 35.3 Å². The topological polar surface area (TPSA) is 64.6 Å². The van der Waals surface area contributed by atoms with Crippen molar-refractivity contribution in [1.82, 2.24) is 0 Å². The van der Waals surface area contributed by atoms with E-state index in [1.165, 1.54) is 0 Å². The van der Waals surface area contributed by atoms with Gasteiger partial charge >= 0.3 is 5.97 Å². The number of anilines is 1. The Morgan fingerprint density at radius 1 is 1.04 bits per heavy atom. The van der Waals surface area contributed by atoms with Gasteiger partial charge in [0.25, 0.3) is 5.91 Å². The Bertz CT molecular complexity index is 766. The van der Waals surface area contributed by atoms with Crippen molar-refractivity contribution < 1.29 is 19.1 Å². The van der Waals surface area contributed by atoms with E-state index in [4.69, 9.17) is 9.47 Å². The van der Waals surface area contributed by atoms with Gasteiger partial charge in [0, 0.05) is 5.69 Å². The summed E-state index contributed by atoms with van der Waals surface area (Å²) in [7, 11) is 0. The number of benzene rings is 2. The molecular formula is C21H25NO4. The van der Waals surface area contributed by atoms with Crippen LogP contribution >= 0.6 is 0 Å². The van der Waals surface area contributed by atoms with Gasteiger partial charge in [-0.05, 0) is 61.2 Å². The van der Waals surface area contributed by atoms with Crippen LogP contribution in [0.25, 0.3) is 0 Å². The fourth-order valence-corrected chi connectivity index (χ4v) is 2.22. The molecule has 26 heavy (non-hydrogen) atoms. The Balaban J connectivity index is 1.87. The minimum Gasteiger partial charge on any atom is -0.483 e. The molecule has 0 aliphatic rings. The Hall–Kier alpha value is -2.82. The van der Waals surface area contributed by atoms with E-state index < -0.39 is 0 Å².